The quantitative estimate of drug-likeness (QED) is 0.841. The first kappa shape index (κ1) is 15.0. The lowest BCUT2D eigenvalue weighted by atomic mass is 10.1. The van der Waals surface area contributed by atoms with Gasteiger partial charge in [0.25, 0.3) is 0 Å². The van der Waals surface area contributed by atoms with Gasteiger partial charge in [-0.2, -0.15) is 4.98 Å². The predicted octanol–water partition coefficient (Wildman–Crippen LogP) is 2.25. The van der Waals surface area contributed by atoms with Crippen LogP contribution in [0.3, 0.4) is 0 Å². The van der Waals surface area contributed by atoms with Crippen molar-refractivity contribution in [2.24, 2.45) is 0 Å². The van der Waals surface area contributed by atoms with Gasteiger partial charge in [-0.05, 0) is 18.1 Å². The van der Waals surface area contributed by atoms with Crippen LogP contribution in [0.5, 0.6) is 0 Å². The van der Waals surface area contributed by atoms with Crippen molar-refractivity contribution in [2.45, 2.75) is 33.1 Å². The molecule has 0 saturated carbocycles. The molecular weight excluding hydrogens is 272 g/mol. The summed E-state index contributed by atoms with van der Waals surface area (Å²) in [5.41, 5.74) is 0.972. The number of nitrogens with zero attached hydrogens (tertiary/aromatic N) is 3. The van der Waals surface area contributed by atoms with Crippen LogP contribution in [0.1, 0.15) is 47.5 Å². The molecule has 0 aliphatic heterocycles. The van der Waals surface area contributed by atoms with Gasteiger partial charge in [-0.25, -0.2) is 9.78 Å². The predicted molar refractivity (Wildman–Crippen MR) is 76.5 cm³/mol. The molecule has 0 atom stereocenters. The third kappa shape index (κ3) is 4.01. The second-order valence-electron chi connectivity index (χ2n) is 5.03. The zero-order valence-corrected chi connectivity index (χ0v) is 12.3. The van der Waals surface area contributed by atoms with Crippen LogP contribution >= 0.6 is 0 Å². The SMILES string of the molecule is Cc1nc(CCNc2cc(C(=O)O)cc(C(C)C)n2)no1. The van der Waals surface area contributed by atoms with E-state index in [9.17, 15) is 4.79 Å². The summed E-state index contributed by atoms with van der Waals surface area (Å²) in [5, 5.41) is 16.0. The molecule has 0 radical (unpaired) electrons. The van der Waals surface area contributed by atoms with Crippen molar-refractivity contribution in [1.82, 2.24) is 15.1 Å². The number of anilines is 1. The first-order valence-electron chi connectivity index (χ1n) is 6.74. The Labute approximate surface area is 122 Å². The molecule has 0 saturated heterocycles. The molecule has 2 aromatic rings. The second kappa shape index (κ2) is 6.34. The van der Waals surface area contributed by atoms with Crippen molar-refractivity contribution >= 4 is 11.8 Å². The fourth-order valence-electron chi connectivity index (χ4n) is 1.81. The number of aryl methyl sites for hydroxylation is 1. The molecule has 21 heavy (non-hydrogen) atoms. The Balaban J connectivity index is 2.06. The van der Waals surface area contributed by atoms with Gasteiger partial charge in [-0.15, -0.1) is 0 Å². The average molecular weight is 290 g/mol. The van der Waals surface area contributed by atoms with E-state index in [4.69, 9.17) is 9.63 Å². The first-order valence-corrected chi connectivity index (χ1v) is 6.74. The Morgan fingerprint density at radius 1 is 1.38 bits per heavy atom. The Bertz CT molecular complexity index is 637. The number of carbonyl (C=O) groups is 1. The maximum absolute atomic E-state index is 11.1. The molecule has 0 amide bonds. The van der Waals surface area contributed by atoms with Crippen molar-refractivity contribution in [1.29, 1.82) is 0 Å². The lowest BCUT2D eigenvalue weighted by Gasteiger charge is -2.10. The molecule has 7 nitrogen and oxygen atoms in total. The number of rotatable bonds is 6. The summed E-state index contributed by atoms with van der Waals surface area (Å²) in [7, 11) is 0. The minimum atomic E-state index is -0.962. The van der Waals surface area contributed by atoms with Crippen molar-refractivity contribution in [2.75, 3.05) is 11.9 Å². The molecule has 0 aromatic carbocycles. The van der Waals surface area contributed by atoms with E-state index in [0.717, 1.165) is 5.69 Å². The van der Waals surface area contributed by atoms with E-state index in [1.165, 1.54) is 6.07 Å². The standard InChI is InChI=1S/C14H18N4O3/c1-8(2)11-6-10(14(19)20)7-13(17-11)15-5-4-12-16-9(3)21-18-12/h6-8H,4-5H2,1-3H3,(H,15,17)(H,19,20). The topological polar surface area (TPSA) is 101 Å². The fourth-order valence-corrected chi connectivity index (χ4v) is 1.81. The van der Waals surface area contributed by atoms with Crippen molar-refractivity contribution in [3.63, 3.8) is 0 Å². The van der Waals surface area contributed by atoms with Gasteiger partial charge < -0.3 is 14.9 Å². The van der Waals surface area contributed by atoms with Crippen LogP contribution in [0.25, 0.3) is 0 Å². The average Bonchev–Trinajstić information content (AvgIpc) is 2.84. The van der Waals surface area contributed by atoms with Crippen LogP contribution in [-0.4, -0.2) is 32.7 Å². The third-order valence-electron chi connectivity index (χ3n) is 2.91. The summed E-state index contributed by atoms with van der Waals surface area (Å²) in [6.07, 6.45) is 0.577. The van der Waals surface area contributed by atoms with Gasteiger partial charge in [0.2, 0.25) is 5.89 Å². The molecule has 7 heteroatoms. The van der Waals surface area contributed by atoms with E-state index in [-0.39, 0.29) is 11.5 Å². The maximum atomic E-state index is 11.1. The van der Waals surface area contributed by atoms with Gasteiger partial charge in [-0.3, -0.25) is 0 Å². The van der Waals surface area contributed by atoms with E-state index in [0.29, 0.717) is 30.5 Å². The number of nitrogens with one attached hydrogen (secondary N) is 1. The lowest BCUT2D eigenvalue weighted by Crippen LogP contribution is -2.10. The number of hydrogen-bond acceptors (Lipinski definition) is 6. The molecule has 0 aliphatic carbocycles. The smallest absolute Gasteiger partial charge is 0.335 e. The van der Waals surface area contributed by atoms with Gasteiger partial charge in [-0.1, -0.05) is 19.0 Å². The minimum absolute atomic E-state index is 0.157. The van der Waals surface area contributed by atoms with Crippen molar-refractivity contribution in [3.05, 3.63) is 35.1 Å². The highest BCUT2D eigenvalue weighted by molar-refractivity contribution is 5.88. The molecule has 2 heterocycles. The monoisotopic (exact) mass is 290 g/mol. The Hall–Kier alpha value is -2.44. The van der Waals surface area contributed by atoms with Crippen LogP contribution in [0.2, 0.25) is 0 Å². The van der Waals surface area contributed by atoms with Crippen LogP contribution in [-0.2, 0) is 6.42 Å². The van der Waals surface area contributed by atoms with E-state index < -0.39 is 5.97 Å². The minimum Gasteiger partial charge on any atom is -0.478 e. The van der Waals surface area contributed by atoms with Gasteiger partial charge in [0.1, 0.15) is 5.82 Å². The van der Waals surface area contributed by atoms with Crippen molar-refractivity contribution < 1.29 is 14.4 Å². The number of aromatic carboxylic acids is 1. The molecule has 0 bridgehead atoms. The molecule has 0 unspecified atom stereocenters. The summed E-state index contributed by atoms with van der Waals surface area (Å²) in [6, 6.07) is 3.12. The first-order chi connectivity index (χ1) is 9.95. The van der Waals surface area contributed by atoms with Gasteiger partial charge in [0.05, 0.1) is 5.56 Å². The summed E-state index contributed by atoms with van der Waals surface area (Å²) >= 11 is 0. The largest absolute Gasteiger partial charge is 0.478 e. The Morgan fingerprint density at radius 3 is 2.71 bits per heavy atom. The maximum Gasteiger partial charge on any atom is 0.335 e. The molecule has 0 fully saturated rings. The highest BCUT2D eigenvalue weighted by Gasteiger charge is 2.11. The Kier molecular flexibility index (Phi) is 4.52. The molecule has 112 valence electrons. The lowest BCUT2D eigenvalue weighted by molar-refractivity contribution is 0.0696. The molecule has 0 spiro atoms. The zero-order valence-electron chi connectivity index (χ0n) is 12.3. The molecule has 2 aromatic heterocycles. The molecular formula is C14H18N4O3. The fraction of sp³-hybridized carbons (Fsp3) is 0.429. The van der Waals surface area contributed by atoms with Crippen LogP contribution in [0, 0.1) is 6.92 Å². The van der Waals surface area contributed by atoms with Gasteiger partial charge in [0, 0.05) is 25.6 Å². The van der Waals surface area contributed by atoms with Crippen LogP contribution in [0.4, 0.5) is 5.82 Å². The van der Waals surface area contributed by atoms with E-state index >= 15 is 0 Å². The second-order valence-corrected chi connectivity index (χ2v) is 5.03. The number of aromatic nitrogens is 3. The number of hydrogen-bond donors (Lipinski definition) is 2. The highest BCUT2D eigenvalue weighted by atomic mass is 16.5. The molecule has 2 N–H and O–H groups in total. The number of pyridine rings is 1. The number of carboxylic acid groups (broad SMARTS) is 1. The highest BCUT2D eigenvalue weighted by Crippen LogP contribution is 2.17. The number of carboxylic acids is 1. The summed E-state index contributed by atoms with van der Waals surface area (Å²) in [4.78, 5) is 19.7. The summed E-state index contributed by atoms with van der Waals surface area (Å²) < 4.78 is 4.89. The van der Waals surface area contributed by atoms with E-state index in [1.807, 2.05) is 13.8 Å². The summed E-state index contributed by atoms with van der Waals surface area (Å²) in [5.74, 6) is 0.872. The Morgan fingerprint density at radius 2 is 2.14 bits per heavy atom. The summed E-state index contributed by atoms with van der Waals surface area (Å²) in [6.45, 7) is 6.23. The molecule has 0 aliphatic rings. The van der Waals surface area contributed by atoms with Crippen LogP contribution < -0.4 is 5.32 Å². The normalized spacial score (nSPS) is 10.9. The van der Waals surface area contributed by atoms with Gasteiger partial charge in [0.15, 0.2) is 5.82 Å². The van der Waals surface area contributed by atoms with Crippen LogP contribution in [0.15, 0.2) is 16.7 Å². The molecule has 2 rings (SSSR count). The van der Waals surface area contributed by atoms with Crippen molar-refractivity contribution in [3.8, 4) is 0 Å². The van der Waals surface area contributed by atoms with Gasteiger partial charge >= 0.3 is 5.97 Å². The zero-order chi connectivity index (χ0) is 15.4. The van der Waals surface area contributed by atoms with E-state index in [1.54, 1.807) is 13.0 Å². The van der Waals surface area contributed by atoms with E-state index in [2.05, 4.69) is 20.4 Å². The third-order valence-corrected chi connectivity index (χ3v) is 2.91.